The number of carbonyl (C=O) groups is 2. The minimum absolute atomic E-state index is 0.00735. The molecule has 1 aromatic heterocycles. The Morgan fingerprint density at radius 1 is 1.63 bits per heavy atom. The molecule has 1 aliphatic heterocycles. The van der Waals surface area contributed by atoms with Crippen molar-refractivity contribution in [1.82, 2.24) is 15.2 Å². The Balaban J connectivity index is 1.93. The minimum Gasteiger partial charge on any atom is -0.480 e. The van der Waals surface area contributed by atoms with E-state index in [-0.39, 0.29) is 19.5 Å². The molecule has 0 saturated carbocycles. The van der Waals surface area contributed by atoms with Gasteiger partial charge in [0, 0.05) is 13.0 Å². The van der Waals surface area contributed by atoms with Gasteiger partial charge in [-0.1, -0.05) is 0 Å². The Morgan fingerprint density at radius 2 is 2.37 bits per heavy atom. The zero-order valence-corrected chi connectivity index (χ0v) is 10.4. The van der Waals surface area contributed by atoms with Crippen molar-refractivity contribution in [3.05, 3.63) is 17.8 Å². The van der Waals surface area contributed by atoms with Gasteiger partial charge in [0.2, 0.25) is 5.89 Å². The van der Waals surface area contributed by atoms with Gasteiger partial charge < -0.3 is 24.8 Å². The third-order valence-corrected chi connectivity index (χ3v) is 2.88. The maximum absolute atomic E-state index is 11.9. The summed E-state index contributed by atoms with van der Waals surface area (Å²) in [5, 5.41) is 20.9. The molecule has 1 fully saturated rings. The number of β-amino-alcohol motifs (C(OH)–C–C–N with tert-alkyl or cyclic N) is 1. The minimum atomic E-state index is -1.13. The Kier molecular flexibility index (Phi) is 3.70. The molecule has 8 nitrogen and oxygen atoms in total. The molecule has 1 aliphatic rings. The third kappa shape index (κ3) is 3.02. The summed E-state index contributed by atoms with van der Waals surface area (Å²) < 4.78 is 5.18. The molecule has 8 heteroatoms. The summed E-state index contributed by atoms with van der Waals surface area (Å²) in [4.78, 5) is 27.9. The van der Waals surface area contributed by atoms with E-state index in [0.29, 0.717) is 11.7 Å². The van der Waals surface area contributed by atoms with E-state index in [1.807, 2.05) is 0 Å². The van der Waals surface area contributed by atoms with E-state index in [2.05, 4.69) is 10.3 Å². The molecule has 0 aromatic carbocycles. The van der Waals surface area contributed by atoms with Gasteiger partial charge in [-0.25, -0.2) is 14.6 Å². The highest BCUT2D eigenvalue weighted by molar-refractivity contribution is 5.83. The van der Waals surface area contributed by atoms with E-state index >= 15 is 0 Å². The number of aryl methyl sites for hydroxylation is 1. The van der Waals surface area contributed by atoms with Crippen LogP contribution >= 0.6 is 0 Å². The number of rotatable bonds is 3. The van der Waals surface area contributed by atoms with Crippen LogP contribution in [0.25, 0.3) is 0 Å². The molecule has 104 valence electrons. The second kappa shape index (κ2) is 5.27. The number of urea groups is 1. The third-order valence-electron chi connectivity index (χ3n) is 2.88. The zero-order valence-electron chi connectivity index (χ0n) is 10.4. The number of aliphatic hydroxyl groups is 1. The number of hydrogen-bond acceptors (Lipinski definition) is 5. The van der Waals surface area contributed by atoms with Crippen molar-refractivity contribution in [1.29, 1.82) is 0 Å². The number of aliphatic carboxylic acids is 1. The van der Waals surface area contributed by atoms with Crippen LogP contribution in [-0.4, -0.2) is 50.8 Å². The quantitative estimate of drug-likeness (QED) is 0.694. The Hall–Kier alpha value is -2.09. The van der Waals surface area contributed by atoms with Gasteiger partial charge in [-0.2, -0.15) is 0 Å². The van der Waals surface area contributed by atoms with Crippen molar-refractivity contribution >= 4 is 12.0 Å². The lowest BCUT2D eigenvalue weighted by molar-refractivity contribution is -0.141. The predicted octanol–water partition coefficient (Wildman–Crippen LogP) is -0.288. The van der Waals surface area contributed by atoms with E-state index in [1.165, 1.54) is 6.20 Å². The Labute approximate surface area is 109 Å². The fraction of sp³-hybridized carbons (Fsp3) is 0.545. The van der Waals surface area contributed by atoms with Gasteiger partial charge >= 0.3 is 12.0 Å². The first kappa shape index (κ1) is 13.3. The number of amides is 2. The fourth-order valence-corrected chi connectivity index (χ4v) is 2.01. The van der Waals surface area contributed by atoms with E-state index < -0.39 is 24.1 Å². The molecule has 0 bridgehead atoms. The van der Waals surface area contributed by atoms with Gasteiger partial charge in [0.25, 0.3) is 0 Å². The highest BCUT2D eigenvalue weighted by Gasteiger charge is 2.38. The molecule has 2 rings (SSSR count). The number of aromatic nitrogens is 1. The highest BCUT2D eigenvalue weighted by Crippen LogP contribution is 2.18. The fourth-order valence-electron chi connectivity index (χ4n) is 2.01. The zero-order chi connectivity index (χ0) is 14.0. The number of oxazole rings is 1. The molecule has 1 saturated heterocycles. The van der Waals surface area contributed by atoms with Gasteiger partial charge in [0.15, 0.2) is 0 Å². The molecule has 3 N–H and O–H groups in total. The van der Waals surface area contributed by atoms with Crippen molar-refractivity contribution in [2.24, 2.45) is 0 Å². The number of carbonyl (C=O) groups excluding carboxylic acids is 1. The van der Waals surface area contributed by atoms with Crippen molar-refractivity contribution in [3.8, 4) is 0 Å². The van der Waals surface area contributed by atoms with Gasteiger partial charge in [0.05, 0.1) is 18.8 Å². The van der Waals surface area contributed by atoms with Crippen LogP contribution in [0.4, 0.5) is 4.79 Å². The van der Waals surface area contributed by atoms with Crippen LogP contribution in [0.15, 0.2) is 10.6 Å². The smallest absolute Gasteiger partial charge is 0.326 e. The molecule has 2 atom stereocenters. The number of hydrogen-bond donors (Lipinski definition) is 3. The Morgan fingerprint density at radius 3 is 2.95 bits per heavy atom. The lowest BCUT2D eigenvalue weighted by atomic mass is 10.2. The number of carboxylic acids is 1. The van der Waals surface area contributed by atoms with Gasteiger partial charge in [0.1, 0.15) is 11.8 Å². The van der Waals surface area contributed by atoms with Gasteiger partial charge in [-0.05, 0) is 6.92 Å². The van der Waals surface area contributed by atoms with E-state index in [1.54, 1.807) is 6.92 Å². The number of nitrogens with one attached hydrogen (secondary N) is 1. The summed E-state index contributed by atoms with van der Waals surface area (Å²) in [6, 6.07) is -1.55. The second-order valence-electron chi connectivity index (χ2n) is 4.42. The molecule has 2 amide bonds. The first-order valence-corrected chi connectivity index (χ1v) is 5.84. The molecule has 1 aromatic rings. The standard InChI is InChI=1S/C11H15N3O5/c1-6-3-12-9(19-6)4-13-11(18)14-5-7(15)2-8(14)10(16)17/h3,7-8,15H,2,4-5H2,1H3,(H,13,18)(H,16,17). The largest absolute Gasteiger partial charge is 0.480 e. The van der Waals surface area contributed by atoms with Crippen LogP contribution in [0, 0.1) is 6.92 Å². The average Bonchev–Trinajstić information content (AvgIpc) is 2.92. The summed E-state index contributed by atoms with van der Waals surface area (Å²) in [5.41, 5.74) is 0. The summed E-state index contributed by atoms with van der Waals surface area (Å²) in [5.74, 6) is -0.152. The number of aliphatic hydroxyl groups excluding tert-OH is 1. The van der Waals surface area contributed by atoms with Crippen LogP contribution in [0.2, 0.25) is 0 Å². The SMILES string of the molecule is Cc1cnc(CNC(=O)N2CC(O)CC2C(=O)O)o1. The second-order valence-corrected chi connectivity index (χ2v) is 4.42. The van der Waals surface area contributed by atoms with Crippen molar-refractivity contribution < 1.29 is 24.2 Å². The van der Waals surface area contributed by atoms with Crippen molar-refractivity contribution in [3.63, 3.8) is 0 Å². The first-order valence-electron chi connectivity index (χ1n) is 5.84. The van der Waals surface area contributed by atoms with Crippen LogP contribution in [0.5, 0.6) is 0 Å². The average molecular weight is 269 g/mol. The lowest BCUT2D eigenvalue weighted by Crippen LogP contribution is -2.46. The van der Waals surface area contributed by atoms with E-state index in [9.17, 15) is 14.7 Å². The number of carboxylic acid groups (broad SMARTS) is 1. The first-order chi connectivity index (χ1) is 8.97. The molecule has 0 radical (unpaired) electrons. The highest BCUT2D eigenvalue weighted by atomic mass is 16.4. The van der Waals surface area contributed by atoms with Crippen LogP contribution < -0.4 is 5.32 Å². The lowest BCUT2D eigenvalue weighted by Gasteiger charge is -2.21. The molecule has 0 aliphatic carbocycles. The Bertz CT molecular complexity index is 486. The molecule has 0 spiro atoms. The van der Waals surface area contributed by atoms with Crippen molar-refractivity contribution in [2.75, 3.05) is 6.54 Å². The molecular formula is C11H15N3O5. The van der Waals surface area contributed by atoms with Gasteiger partial charge in [-0.15, -0.1) is 0 Å². The number of likely N-dealkylation sites (tertiary alicyclic amines) is 1. The van der Waals surface area contributed by atoms with Crippen LogP contribution in [0.3, 0.4) is 0 Å². The summed E-state index contributed by atoms with van der Waals surface area (Å²) >= 11 is 0. The number of nitrogens with zero attached hydrogens (tertiary/aromatic N) is 2. The summed E-state index contributed by atoms with van der Waals surface area (Å²) in [7, 11) is 0. The maximum atomic E-state index is 11.9. The molecular weight excluding hydrogens is 254 g/mol. The van der Waals surface area contributed by atoms with E-state index in [4.69, 9.17) is 9.52 Å². The predicted molar refractivity (Wildman–Crippen MR) is 62.2 cm³/mol. The van der Waals surface area contributed by atoms with E-state index in [0.717, 1.165) is 4.90 Å². The molecule has 2 unspecified atom stereocenters. The van der Waals surface area contributed by atoms with Gasteiger partial charge in [-0.3, -0.25) is 0 Å². The molecule has 2 heterocycles. The van der Waals surface area contributed by atoms with Crippen molar-refractivity contribution in [2.45, 2.75) is 32.0 Å². The molecule has 19 heavy (non-hydrogen) atoms. The normalized spacial score (nSPS) is 22.5. The topological polar surface area (TPSA) is 116 Å². The summed E-state index contributed by atoms with van der Waals surface area (Å²) in [6.45, 7) is 1.81. The van der Waals surface area contributed by atoms with Crippen LogP contribution in [-0.2, 0) is 11.3 Å². The summed E-state index contributed by atoms with van der Waals surface area (Å²) in [6.07, 6.45) is 0.762. The maximum Gasteiger partial charge on any atom is 0.326 e. The monoisotopic (exact) mass is 269 g/mol. The van der Waals surface area contributed by atoms with Crippen LogP contribution in [0.1, 0.15) is 18.1 Å².